The molecule has 0 saturated heterocycles. The fourth-order valence-electron chi connectivity index (χ4n) is 1.86. The zero-order valence-corrected chi connectivity index (χ0v) is 13.7. The van der Waals surface area contributed by atoms with E-state index < -0.39 is 5.60 Å². The van der Waals surface area contributed by atoms with Crippen molar-refractivity contribution >= 4 is 0 Å². The first-order valence-corrected chi connectivity index (χ1v) is 7.22. The third-order valence-electron chi connectivity index (χ3n) is 2.97. The molecule has 0 fully saturated rings. The van der Waals surface area contributed by atoms with Crippen LogP contribution in [0, 0.1) is 0 Å². The summed E-state index contributed by atoms with van der Waals surface area (Å²) in [6.07, 6.45) is 2.11. The fourth-order valence-corrected chi connectivity index (χ4v) is 1.86. The zero-order valence-electron chi connectivity index (χ0n) is 13.7. The van der Waals surface area contributed by atoms with Gasteiger partial charge < -0.3 is 14.9 Å². The molecular weight excluding hydrogens is 240 g/mol. The summed E-state index contributed by atoms with van der Waals surface area (Å²) in [5.74, 6) is 0. The van der Waals surface area contributed by atoms with Gasteiger partial charge in [-0.05, 0) is 81.1 Å². The molecule has 3 N–H and O–H groups in total. The maximum Gasteiger partial charge on any atom is 0.0875 e. The van der Waals surface area contributed by atoms with Crippen LogP contribution >= 0.6 is 0 Å². The maximum atomic E-state index is 10.1. The molecule has 0 unspecified atom stereocenters. The highest BCUT2D eigenvalue weighted by Gasteiger charge is 2.25. The van der Waals surface area contributed by atoms with Crippen molar-refractivity contribution in [1.82, 2.24) is 20.4 Å². The van der Waals surface area contributed by atoms with Crippen molar-refractivity contribution in [2.75, 3.05) is 54.4 Å². The van der Waals surface area contributed by atoms with E-state index in [1.54, 1.807) is 0 Å². The van der Waals surface area contributed by atoms with Crippen LogP contribution in [0.3, 0.4) is 0 Å². The monoisotopic (exact) mass is 274 g/mol. The number of rotatable bonds is 11. The van der Waals surface area contributed by atoms with Crippen molar-refractivity contribution in [2.45, 2.75) is 38.5 Å². The highest BCUT2D eigenvalue weighted by atomic mass is 16.3. The summed E-state index contributed by atoms with van der Waals surface area (Å²) < 4.78 is 0. The standard InChI is InChI=1S/C14H34N4O/c1-14(2,19)13(15-9-7-11-17(3)4)16-10-8-12-18(5)6/h13,15-16,19H,7-12H2,1-6H3. The number of nitrogens with zero attached hydrogens (tertiary/aromatic N) is 2. The van der Waals surface area contributed by atoms with E-state index in [1.165, 1.54) is 0 Å². The van der Waals surface area contributed by atoms with Crippen LogP contribution in [0.1, 0.15) is 26.7 Å². The first-order chi connectivity index (χ1) is 8.73. The Morgan fingerprint density at radius 1 is 0.895 bits per heavy atom. The van der Waals surface area contributed by atoms with Crippen molar-refractivity contribution in [2.24, 2.45) is 0 Å². The van der Waals surface area contributed by atoms with E-state index in [0.29, 0.717) is 0 Å². The normalized spacial score (nSPS) is 12.9. The lowest BCUT2D eigenvalue weighted by molar-refractivity contribution is 0.0240. The van der Waals surface area contributed by atoms with Crippen LogP contribution in [0.15, 0.2) is 0 Å². The lowest BCUT2D eigenvalue weighted by atomic mass is 10.1. The molecular formula is C14H34N4O. The van der Waals surface area contributed by atoms with Gasteiger partial charge in [0.25, 0.3) is 0 Å². The number of aliphatic hydroxyl groups is 1. The third kappa shape index (κ3) is 11.3. The highest BCUT2D eigenvalue weighted by molar-refractivity contribution is 4.81. The molecule has 19 heavy (non-hydrogen) atoms. The van der Waals surface area contributed by atoms with Crippen LogP contribution in [0.25, 0.3) is 0 Å². The molecule has 5 heteroatoms. The lowest BCUT2D eigenvalue weighted by Gasteiger charge is -2.31. The van der Waals surface area contributed by atoms with Gasteiger partial charge >= 0.3 is 0 Å². The van der Waals surface area contributed by atoms with Gasteiger partial charge in [-0.1, -0.05) is 0 Å². The molecule has 0 spiro atoms. The van der Waals surface area contributed by atoms with Gasteiger partial charge in [-0.2, -0.15) is 0 Å². The van der Waals surface area contributed by atoms with Crippen molar-refractivity contribution in [1.29, 1.82) is 0 Å². The Morgan fingerprint density at radius 2 is 1.26 bits per heavy atom. The minimum atomic E-state index is -0.754. The summed E-state index contributed by atoms with van der Waals surface area (Å²) in [6.45, 7) is 7.63. The van der Waals surface area contributed by atoms with Crippen LogP contribution < -0.4 is 10.6 Å². The summed E-state index contributed by atoms with van der Waals surface area (Å²) in [5, 5.41) is 17.0. The molecule has 5 nitrogen and oxygen atoms in total. The molecule has 0 aromatic carbocycles. The van der Waals surface area contributed by atoms with Crippen LogP contribution in [0.4, 0.5) is 0 Å². The maximum absolute atomic E-state index is 10.1. The molecule has 0 aliphatic rings. The SMILES string of the molecule is CN(C)CCCNC(NCCCN(C)C)C(C)(C)O. The number of nitrogens with one attached hydrogen (secondary N) is 2. The summed E-state index contributed by atoms with van der Waals surface area (Å²) >= 11 is 0. The van der Waals surface area contributed by atoms with Crippen LogP contribution in [-0.2, 0) is 0 Å². The van der Waals surface area contributed by atoms with Gasteiger partial charge in [-0.3, -0.25) is 10.6 Å². The van der Waals surface area contributed by atoms with Gasteiger partial charge in [0.1, 0.15) is 0 Å². The largest absolute Gasteiger partial charge is 0.387 e. The minimum Gasteiger partial charge on any atom is -0.387 e. The molecule has 0 bridgehead atoms. The average Bonchev–Trinajstić information content (AvgIpc) is 2.24. The Kier molecular flexibility index (Phi) is 9.56. The zero-order chi connectivity index (χ0) is 14.9. The van der Waals surface area contributed by atoms with Gasteiger partial charge in [0, 0.05) is 0 Å². The van der Waals surface area contributed by atoms with Crippen LogP contribution in [0.2, 0.25) is 0 Å². The molecule has 0 radical (unpaired) electrons. The quantitative estimate of drug-likeness (QED) is 0.370. The first-order valence-electron chi connectivity index (χ1n) is 7.22. The second-order valence-electron chi connectivity index (χ2n) is 6.31. The van der Waals surface area contributed by atoms with Gasteiger partial charge in [-0.15, -0.1) is 0 Å². The molecule has 0 aromatic rings. The van der Waals surface area contributed by atoms with Gasteiger partial charge in [-0.25, -0.2) is 0 Å². The molecule has 0 saturated carbocycles. The molecule has 0 heterocycles. The number of hydrogen-bond donors (Lipinski definition) is 3. The summed E-state index contributed by atoms with van der Waals surface area (Å²) in [5.41, 5.74) is -0.754. The average molecular weight is 274 g/mol. The van der Waals surface area contributed by atoms with Crippen molar-refractivity contribution in [3.05, 3.63) is 0 Å². The Balaban J connectivity index is 3.90. The Bertz CT molecular complexity index is 198. The van der Waals surface area contributed by atoms with Crippen molar-refractivity contribution in [3.63, 3.8) is 0 Å². The molecule has 0 amide bonds. The van der Waals surface area contributed by atoms with Crippen LogP contribution in [0.5, 0.6) is 0 Å². The second-order valence-corrected chi connectivity index (χ2v) is 6.31. The Labute approximate surface area is 119 Å². The Hall–Kier alpha value is -0.200. The van der Waals surface area contributed by atoms with Gasteiger partial charge in [0.05, 0.1) is 11.8 Å². The molecule has 0 rings (SSSR count). The summed E-state index contributed by atoms with van der Waals surface area (Å²) in [4.78, 5) is 4.34. The highest BCUT2D eigenvalue weighted by Crippen LogP contribution is 2.06. The molecule has 0 aromatic heterocycles. The van der Waals surface area contributed by atoms with Crippen molar-refractivity contribution < 1.29 is 5.11 Å². The number of hydrogen-bond acceptors (Lipinski definition) is 5. The molecule has 0 atom stereocenters. The first kappa shape index (κ1) is 18.8. The van der Waals surface area contributed by atoms with E-state index >= 15 is 0 Å². The van der Waals surface area contributed by atoms with E-state index in [1.807, 2.05) is 13.8 Å². The van der Waals surface area contributed by atoms with E-state index in [4.69, 9.17) is 0 Å². The molecule has 0 aliphatic heterocycles. The summed E-state index contributed by atoms with van der Waals surface area (Å²) in [7, 11) is 8.31. The molecule has 116 valence electrons. The lowest BCUT2D eigenvalue weighted by Crippen LogP contribution is -2.56. The van der Waals surface area contributed by atoms with Gasteiger partial charge in [0.15, 0.2) is 0 Å². The van der Waals surface area contributed by atoms with Crippen molar-refractivity contribution in [3.8, 4) is 0 Å². The van der Waals surface area contributed by atoms with Crippen LogP contribution in [-0.4, -0.2) is 81.0 Å². The van der Waals surface area contributed by atoms with E-state index in [-0.39, 0.29) is 6.17 Å². The van der Waals surface area contributed by atoms with Gasteiger partial charge in [0.2, 0.25) is 0 Å². The Morgan fingerprint density at radius 3 is 1.53 bits per heavy atom. The topological polar surface area (TPSA) is 50.8 Å². The smallest absolute Gasteiger partial charge is 0.0875 e. The predicted octanol–water partition coefficient (Wildman–Crippen LogP) is 0.166. The molecule has 0 aliphatic carbocycles. The predicted molar refractivity (Wildman–Crippen MR) is 82.4 cm³/mol. The van der Waals surface area contributed by atoms with E-state index in [9.17, 15) is 5.11 Å². The minimum absolute atomic E-state index is 0.0585. The van der Waals surface area contributed by atoms with E-state index in [0.717, 1.165) is 39.0 Å². The summed E-state index contributed by atoms with van der Waals surface area (Å²) in [6, 6.07) is 0. The third-order valence-corrected chi connectivity index (χ3v) is 2.97. The second kappa shape index (κ2) is 9.66. The fraction of sp³-hybridized carbons (Fsp3) is 1.00. The van der Waals surface area contributed by atoms with E-state index in [2.05, 4.69) is 48.6 Å².